The number of unbranched alkanes of at least 4 members (excludes halogenated alkanes) is 6. The fraction of sp³-hybridized carbons (Fsp3) is 0.636. The van der Waals surface area contributed by atoms with Gasteiger partial charge in [0.2, 0.25) is 5.91 Å². The van der Waals surface area contributed by atoms with E-state index in [0.717, 1.165) is 51.4 Å². The van der Waals surface area contributed by atoms with Gasteiger partial charge < -0.3 is 19.9 Å². The van der Waals surface area contributed by atoms with Gasteiger partial charge in [0.1, 0.15) is 11.5 Å². The molecule has 0 aliphatic carbocycles. The maximum atomic E-state index is 11.6. The number of hydrogen-bond acceptors (Lipinski definition) is 6. The summed E-state index contributed by atoms with van der Waals surface area (Å²) >= 11 is 0. The first-order valence-corrected chi connectivity index (χ1v) is 11.4. The molecule has 2 N–H and O–H groups in total. The fourth-order valence-corrected chi connectivity index (χ4v) is 3.12. The van der Waals surface area contributed by atoms with Crippen molar-refractivity contribution in [1.82, 2.24) is 5.32 Å². The molecule has 0 unspecified atom stereocenters. The Morgan fingerprint density at radius 1 is 0.882 bits per heavy atom. The van der Waals surface area contributed by atoms with E-state index >= 15 is 0 Å². The molecule has 1 aromatic rings. The summed E-state index contributed by atoms with van der Waals surface area (Å²) in [5.41, 5.74) is 17.2. The molecular weight excluding hydrogens is 442 g/mol. The lowest BCUT2D eigenvalue weighted by Crippen LogP contribution is -2.20. The van der Waals surface area contributed by atoms with Gasteiger partial charge in [-0.15, -0.1) is 0 Å². The Morgan fingerprint density at radius 3 is 1.76 bits per heavy atom. The molecule has 186 valence electrons. The van der Waals surface area contributed by atoms with E-state index in [9.17, 15) is 14.7 Å². The first kappa shape index (κ1) is 28.4. The van der Waals surface area contributed by atoms with Crippen molar-refractivity contribution in [3.05, 3.63) is 44.1 Å². The summed E-state index contributed by atoms with van der Waals surface area (Å²) in [5, 5.41) is 19.2. The van der Waals surface area contributed by atoms with Crippen molar-refractivity contribution in [1.29, 1.82) is 0 Å². The summed E-state index contributed by atoms with van der Waals surface area (Å²) in [6.45, 7) is 3.24. The van der Waals surface area contributed by atoms with Crippen molar-refractivity contribution in [3.8, 4) is 11.5 Å². The Bertz CT molecular complexity index is 827. The number of carbonyl (C=O) groups excluding carboxylic acids is 1. The van der Waals surface area contributed by atoms with E-state index in [1.165, 1.54) is 19.1 Å². The van der Waals surface area contributed by atoms with E-state index < -0.39 is 5.97 Å². The van der Waals surface area contributed by atoms with Gasteiger partial charge in [0.15, 0.2) is 0 Å². The van der Waals surface area contributed by atoms with Gasteiger partial charge in [-0.2, -0.15) is 0 Å². The summed E-state index contributed by atoms with van der Waals surface area (Å²) in [6, 6.07) is 2.90. The topological polar surface area (TPSA) is 182 Å². The lowest BCUT2D eigenvalue weighted by atomic mass is 10.1. The molecule has 0 fully saturated rings. The van der Waals surface area contributed by atoms with E-state index in [2.05, 4.69) is 25.4 Å². The number of nitrogens with zero attached hydrogens (tertiary/aromatic N) is 6. The Hall–Kier alpha value is -3.62. The molecule has 1 rings (SSSR count). The second-order valence-corrected chi connectivity index (χ2v) is 7.60. The third-order valence-corrected chi connectivity index (χ3v) is 4.88. The number of carboxylic acid groups (broad SMARTS) is 1. The molecule has 1 aromatic carbocycles. The van der Waals surface area contributed by atoms with Crippen molar-refractivity contribution in [2.45, 2.75) is 64.8 Å². The van der Waals surface area contributed by atoms with Crippen molar-refractivity contribution < 1.29 is 24.2 Å². The highest BCUT2D eigenvalue weighted by Gasteiger charge is 2.17. The predicted octanol–water partition coefficient (Wildman–Crippen LogP) is 5.52. The van der Waals surface area contributed by atoms with Crippen molar-refractivity contribution in [2.75, 3.05) is 26.3 Å². The number of hydrogen-bond donors (Lipinski definition) is 2. The summed E-state index contributed by atoms with van der Waals surface area (Å²) in [7, 11) is 0. The molecular formula is C22H33N7O5. The van der Waals surface area contributed by atoms with E-state index in [1.54, 1.807) is 0 Å². The minimum Gasteiger partial charge on any atom is -0.493 e. The average molecular weight is 476 g/mol. The zero-order chi connectivity index (χ0) is 25.0. The number of rotatable bonds is 19. The standard InChI is InChI=1S/C22H33N7O5/c1-17(30)25-16-19-20(33-12-8-4-2-6-10-26-28-23)14-18(22(31)32)15-21(19)34-13-9-5-3-7-11-27-29-24/h14-15H,2-13,16H2,1H3,(H,25,30)(H,31,32). The molecule has 12 heteroatoms. The second kappa shape index (κ2) is 17.9. The van der Waals surface area contributed by atoms with Gasteiger partial charge in [-0.25, -0.2) is 4.79 Å². The van der Waals surface area contributed by atoms with Crippen LogP contribution in [0.4, 0.5) is 0 Å². The smallest absolute Gasteiger partial charge is 0.335 e. The SMILES string of the molecule is CC(=O)NCc1c(OCCCCCCN=[N+]=[N-])cc(C(=O)O)cc1OCCCCCCN=[N+]=[N-]. The van der Waals surface area contributed by atoms with Gasteiger partial charge in [-0.3, -0.25) is 4.79 Å². The largest absolute Gasteiger partial charge is 0.493 e. The second-order valence-electron chi connectivity index (χ2n) is 7.60. The maximum Gasteiger partial charge on any atom is 0.335 e. The van der Waals surface area contributed by atoms with Gasteiger partial charge in [0, 0.05) is 29.8 Å². The molecule has 34 heavy (non-hydrogen) atoms. The van der Waals surface area contributed by atoms with E-state index in [1.807, 2.05) is 0 Å². The molecule has 0 heterocycles. The van der Waals surface area contributed by atoms with Crippen LogP contribution < -0.4 is 14.8 Å². The quantitative estimate of drug-likeness (QED) is 0.115. The van der Waals surface area contributed by atoms with Crippen LogP contribution in [-0.2, 0) is 11.3 Å². The Balaban J connectivity index is 2.79. The number of carboxylic acids is 1. The van der Waals surface area contributed by atoms with Gasteiger partial charge in [-0.05, 0) is 48.9 Å². The number of nitrogens with one attached hydrogen (secondary N) is 1. The van der Waals surface area contributed by atoms with Crippen LogP contribution in [-0.4, -0.2) is 43.3 Å². The zero-order valence-corrected chi connectivity index (χ0v) is 19.6. The normalized spacial score (nSPS) is 10.0. The molecule has 1 amide bonds. The Morgan fingerprint density at radius 2 is 1.35 bits per heavy atom. The molecule has 0 aromatic heterocycles. The minimum absolute atomic E-state index is 0.0419. The Labute approximate surface area is 198 Å². The van der Waals surface area contributed by atoms with Crippen molar-refractivity contribution in [3.63, 3.8) is 0 Å². The molecule has 0 bridgehead atoms. The fourth-order valence-electron chi connectivity index (χ4n) is 3.12. The van der Waals surface area contributed by atoms with Gasteiger partial charge >= 0.3 is 5.97 Å². The van der Waals surface area contributed by atoms with Crippen molar-refractivity contribution >= 4 is 11.9 Å². The summed E-state index contributed by atoms with van der Waals surface area (Å²) in [5.74, 6) is -0.588. The molecule has 0 radical (unpaired) electrons. The van der Waals surface area contributed by atoms with Crippen LogP contribution in [0.25, 0.3) is 20.9 Å². The van der Waals surface area contributed by atoms with Crippen LogP contribution in [0, 0.1) is 0 Å². The first-order valence-electron chi connectivity index (χ1n) is 11.4. The zero-order valence-electron chi connectivity index (χ0n) is 19.6. The van der Waals surface area contributed by atoms with Crippen LogP contribution in [0.3, 0.4) is 0 Å². The number of benzene rings is 1. The summed E-state index contributed by atoms with van der Waals surface area (Å²) in [6.07, 6.45) is 6.65. The minimum atomic E-state index is -1.10. The highest BCUT2D eigenvalue weighted by Crippen LogP contribution is 2.32. The number of aromatic carboxylic acids is 1. The van der Waals surface area contributed by atoms with Gasteiger partial charge in [0.05, 0.1) is 30.9 Å². The first-order chi connectivity index (χ1) is 16.5. The number of azide groups is 2. The number of amides is 1. The van der Waals surface area contributed by atoms with Crippen LogP contribution in [0.1, 0.15) is 74.2 Å². The monoisotopic (exact) mass is 475 g/mol. The summed E-state index contributed by atoms with van der Waals surface area (Å²) < 4.78 is 11.8. The third-order valence-electron chi connectivity index (χ3n) is 4.88. The lowest BCUT2D eigenvalue weighted by Gasteiger charge is -2.18. The van der Waals surface area contributed by atoms with Gasteiger partial charge in [0.25, 0.3) is 0 Å². The van der Waals surface area contributed by atoms with E-state index in [4.69, 9.17) is 20.5 Å². The van der Waals surface area contributed by atoms with Crippen molar-refractivity contribution in [2.24, 2.45) is 10.2 Å². The highest BCUT2D eigenvalue weighted by molar-refractivity contribution is 5.89. The average Bonchev–Trinajstić information content (AvgIpc) is 2.81. The molecule has 0 atom stereocenters. The molecule has 0 saturated heterocycles. The van der Waals surface area contributed by atoms with Crippen LogP contribution >= 0.6 is 0 Å². The molecule has 0 saturated carbocycles. The Kier molecular flexibility index (Phi) is 14.9. The molecule has 0 aliphatic heterocycles. The maximum absolute atomic E-state index is 11.6. The van der Waals surface area contributed by atoms with Crippen LogP contribution in [0.5, 0.6) is 11.5 Å². The number of carbonyl (C=O) groups is 2. The highest BCUT2D eigenvalue weighted by atomic mass is 16.5. The lowest BCUT2D eigenvalue weighted by molar-refractivity contribution is -0.119. The number of ether oxygens (including phenoxy) is 2. The molecule has 0 spiro atoms. The van der Waals surface area contributed by atoms with E-state index in [-0.39, 0.29) is 18.0 Å². The van der Waals surface area contributed by atoms with Crippen LogP contribution in [0.2, 0.25) is 0 Å². The van der Waals surface area contributed by atoms with Gasteiger partial charge in [-0.1, -0.05) is 35.9 Å². The third kappa shape index (κ3) is 12.4. The van der Waals surface area contributed by atoms with Crippen LogP contribution in [0.15, 0.2) is 22.4 Å². The van der Waals surface area contributed by atoms with E-state index in [0.29, 0.717) is 43.4 Å². The molecule has 0 aliphatic rings. The molecule has 12 nitrogen and oxygen atoms in total. The summed E-state index contributed by atoms with van der Waals surface area (Å²) in [4.78, 5) is 28.6. The predicted molar refractivity (Wildman–Crippen MR) is 127 cm³/mol.